The first-order valence-electron chi connectivity index (χ1n) is 11.6. The average Bonchev–Trinajstić information content (AvgIpc) is 2.90. The van der Waals surface area contributed by atoms with Crippen LogP contribution in [0.3, 0.4) is 0 Å². The van der Waals surface area contributed by atoms with Crippen LogP contribution in [0, 0.1) is 24.1 Å². The molecule has 12 heteroatoms. The number of ether oxygens (including phenoxy) is 2. The van der Waals surface area contributed by atoms with Gasteiger partial charge < -0.3 is 19.7 Å². The number of nitriles is 1. The van der Waals surface area contributed by atoms with E-state index in [1.807, 2.05) is 4.90 Å². The number of aromatic nitrogens is 2. The predicted octanol–water partition coefficient (Wildman–Crippen LogP) is 3.12. The van der Waals surface area contributed by atoms with Crippen LogP contribution in [0.15, 0.2) is 0 Å². The summed E-state index contributed by atoms with van der Waals surface area (Å²) in [6.45, 7) is 8.87. The lowest BCUT2D eigenvalue weighted by Crippen LogP contribution is -2.67. The van der Waals surface area contributed by atoms with E-state index in [1.165, 1.54) is 11.9 Å². The smallest absolute Gasteiger partial charge is 0.411 e. The Balaban J connectivity index is 1.91. The van der Waals surface area contributed by atoms with Crippen LogP contribution in [0.5, 0.6) is 5.88 Å². The fourth-order valence-corrected chi connectivity index (χ4v) is 4.89. The molecule has 1 fully saturated rings. The van der Waals surface area contributed by atoms with E-state index in [0.717, 1.165) is 0 Å². The van der Waals surface area contributed by atoms with Crippen molar-refractivity contribution in [3.63, 3.8) is 0 Å². The van der Waals surface area contributed by atoms with Gasteiger partial charge in [0.1, 0.15) is 23.6 Å². The molecule has 0 spiro atoms. The number of carbonyl (C=O) groups excluding carboxylic acids is 2. The molecule has 1 saturated heterocycles. The van der Waals surface area contributed by atoms with E-state index in [0.29, 0.717) is 17.1 Å². The lowest BCUT2D eigenvalue weighted by atomic mass is 9.99. The van der Waals surface area contributed by atoms with E-state index in [1.54, 1.807) is 34.6 Å². The van der Waals surface area contributed by atoms with Gasteiger partial charge in [0.25, 0.3) is 0 Å². The lowest BCUT2D eigenvalue weighted by molar-refractivity contribution is -0.126. The summed E-state index contributed by atoms with van der Waals surface area (Å²) in [7, 11) is 1.49. The van der Waals surface area contributed by atoms with Crippen LogP contribution in [0.4, 0.5) is 15.0 Å². The second-order valence-corrected chi connectivity index (χ2v) is 10.3. The van der Waals surface area contributed by atoms with Gasteiger partial charge in [-0.25, -0.2) is 14.2 Å². The largest absolute Gasteiger partial charge is 0.472 e. The minimum Gasteiger partial charge on any atom is -0.472 e. The summed E-state index contributed by atoms with van der Waals surface area (Å²) >= 11 is 6.13. The Kier molecular flexibility index (Phi) is 6.60. The average molecular weight is 519 g/mol. The van der Waals surface area contributed by atoms with Crippen LogP contribution in [-0.4, -0.2) is 70.8 Å². The zero-order chi connectivity index (χ0) is 26.5. The number of halogens is 2. The highest BCUT2D eigenvalue weighted by atomic mass is 35.5. The molecule has 2 aliphatic heterocycles. The zero-order valence-electron chi connectivity index (χ0n) is 21.0. The molecule has 0 saturated carbocycles. The van der Waals surface area contributed by atoms with Crippen molar-refractivity contribution in [3.8, 4) is 11.9 Å². The van der Waals surface area contributed by atoms with E-state index in [2.05, 4.69) is 16.4 Å². The van der Waals surface area contributed by atoms with Crippen molar-refractivity contribution in [3.05, 3.63) is 22.2 Å². The molecule has 3 atom stereocenters. The number of piperazine rings is 1. The van der Waals surface area contributed by atoms with Gasteiger partial charge in [0.15, 0.2) is 11.0 Å². The highest BCUT2D eigenvalue weighted by molar-refractivity contribution is 6.30. The van der Waals surface area contributed by atoms with Gasteiger partial charge >= 0.3 is 6.09 Å². The minimum atomic E-state index is -0.907. The van der Waals surface area contributed by atoms with Gasteiger partial charge in [-0.2, -0.15) is 10.2 Å². The highest BCUT2D eigenvalue weighted by Crippen LogP contribution is 2.43. The van der Waals surface area contributed by atoms with Crippen LogP contribution in [-0.2, 0) is 16.0 Å². The number of hydrogen-bond acceptors (Lipinski definition) is 8. The van der Waals surface area contributed by atoms with Gasteiger partial charge in [-0.3, -0.25) is 9.69 Å². The van der Waals surface area contributed by atoms with Crippen molar-refractivity contribution >= 4 is 40.2 Å². The molecule has 2 aromatic heterocycles. The second-order valence-electron chi connectivity index (χ2n) is 9.91. The first-order chi connectivity index (χ1) is 16.9. The molecule has 2 amide bonds. The molecular weight excluding hydrogens is 491 g/mol. The number of pyridine rings is 2. The number of hydrogen-bond donors (Lipinski definition) is 1. The van der Waals surface area contributed by atoms with E-state index in [4.69, 9.17) is 26.1 Å². The molecule has 4 heterocycles. The molecule has 0 radical (unpaired) electrons. The van der Waals surface area contributed by atoms with Crippen molar-refractivity contribution in [2.24, 2.45) is 0 Å². The maximum absolute atomic E-state index is 15.4. The highest BCUT2D eigenvalue weighted by Gasteiger charge is 2.46. The SMILES string of the molecule is CNC(=O)C1CN2c3nc(C)c(CC#N)c4c(F)c(Cl)nc(c34)OC(C)C2CN1C(=O)OC(C)(C)C. The van der Waals surface area contributed by atoms with Gasteiger partial charge in [0, 0.05) is 31.2 Å². The van der Waals surface area contributed by atoms with Crippen molar-refractivity contribution in [2.75, 3.05) is 25.0 Å². The van der Waals surface area contributed by atoms with E-state index >= 15 is 4.39 Å². The van der Waals surface area contributed by atoms with Gasteiger partial charge in [-0.15, -0.1) is 0 Å². The Morgan fingerprint density at radius 1 is 1.31 bits per heavy atom. The Morgan fingerprint density at radius 3 is 2.61 bits per heavy atom. The fourth-order valence-electron chi connectivity index (χ4n) is 4.72. The molecule has 1 N–H and O–H groups in total. The number of fused-ring (bicyclic) bond motifs is 2. The molecule has 4 rings (SSSR count). The third kappa shape index (κ3) is 4.34. The maximum Gasteiger partial charge on any atom is 0.411 e. The van der Waals surface area contributed by atoms with Crippen LogP contribution in [0.25, 0.3) is 10.8 Å². The molecular formula is C24H28ClFN6O4. The van der Waals surface area contributed by atoms with Crippen LogP contribution >= 0.6 is 11.6 Å². The van der Waals surface area contributed by atoms with Crippen molar-refractivity contribution < 1.29 is 23.5 Å². The predicted molar refractivity (Wildman–Crippen MR) is 131 cm³/mol. The second kappa shape index (κ2) is 9.24. The molecule has 2 aromatic rings. The standard InChI is InChI=1S/C24H28ClFN6O4/c1-11-13(7-8-27)16-17-20(29-11)31-10-15(21(33)28-6)32(23(34)36-24(3,4)5)9-14(31)12(2)35-22(17)30-19(25)18(16)26/h12,14-15H,7,9-10H2,1-6H3,(H,28,33). The zero-order valence-corrected chi connectivity index (χ0v) is 21.7. The van der Waals surface area contributed by atoms with E-state index in [9.17, 15) is 14.9 Å². The number of amides is 2. The third-order valence-electron chi connectivity index (χ3n) is 6.37. The quantitative estimate of drug-likeness (QED) is 0.602. The van der Waals surface area contributed by atoms with Crippen molar-refractivity contribution in [1.29, 1.82) is 5.26 Å². The summed E-state index contributed by atoms with van der Waals surface area (Å²) in [6, 6.07) is 0.677. The van der Waals surface area contributed by atoms with Crippen LogP contribution < -0.4 is 15.0 Å². The topological polar surface area (TPSA) is 121 Å². The van der Waals surface area contributed by atoms with Gasteiger partial charge in [-0.05, 0) is 40.2 Å². The number of rotatable bonds is 2. The monoisotopic (exact) mass is 518 g/mol. The van der Waals surface area contributed by atoms with Gasteiger partial charge in [-0.1, -0.05) is 11.6 Å². The third-order valence-corrected chi connectivity index (χ3v) is 6.62. The Labute approximate surface area is 213 Å². The van der Waals surface area contributed by atoms with Crippen LogP contribution in [0.2, 0.25) is 5.15 Å². The van der Waals surface area contributed by atoms with Crippen molar-refractivity contribution in [1.82, 2.24) is 20.2 Å². The van der Waals surface area contributed by atoms with E-state index in [-0.39, 0.29) is 47.2 Å². The number of nitrogens with zero attached hydrogens (tertiary/aromatic N) is 5. The lowest BCUT2D eigenvalue weighted by Gasteiger charge is -2.46. The first-order valence-corrected chi connectivity index (χ1v) is 11.9. The summed E-state index contributed by atoms with van der Waals surface area (Å²) in [6.07, 6.45) is -1.26. The number of likely N-dealkylation sites (N-methyl/N-ethyl adjacent to an activating group) is 1. The summed E-state index contributed by atoms with van der Waals surface area (Å²) < 4.78 is 27.1. The van der Waals surface area contributed by atoms with Gasteiger partial charge in [0.05, 0.1) is 23.9 Å². The van der Waals surface area contributed by atoms with E-state index < -0.39 is 35.7 Å². The number of anilines is 1. The Bertz CT molecular complexity index is 1290. The molecule has 3 unspecified atom stereocenters. The summed E-state index contributed by atoms with van der Waals surface area (Å²) in [5, 5.41) is 12.0. The molecule has 0 bridgehead atoms. The Hall–Kier alpha value is -3.39. The molecule has 2 aliphatic rings. The first kappa shape index (κ1) is 25.7. The molecule has 10 nitrogen and oxygen atoms in total. The minimum absolute atomic E-state index is 0.0557. The van der Waals surface area contributed by atoms with Gasteiger partial charge in [0.2, 0.25) is 11.8 Å². The number of carbonyl (C=O) groups is 2. The summed E-state index contributed by atoms with van der Waals surface area (Å²) in [5.41, 5.74) is 0.0813. The fraction of sp³-hybridized carbons (Fsp3) is 0.542. The molecule has 0 aliphatic carbocycles. The Morgan fingerprint density at radius 2 is 2.00 bits per heavy atom. The van der Waals surface area contributed by atoms with Crippen LogP contribution in [0.1, 0.15) is 39.0 Å². The van der Waals surface area contributed by atoms with Crippen molar-refractivity contribution in [2.45, 2.75) is 64.8 Å². The maximum atomic E-state index is 15.4. The molecule has 36 heavy (non-hydrogen) atoms. The summed E-state index contributed by atoms with van der Waals surface area (Å²) in [4.78, 5) is 38.1. The molecule has 192 valence electrons. The number of nitrogens with one attached hydrogen (secondary N) is 1. The summed E-state index contributed by atoms with van der Waals surface area (Å²) in [5.74, 6) is -0.709. The normalized spacial score (nSPS) is 21.2. The number of aryl methyl sites for hydroxylation is 1. The molecule has 0 aromatic carbocycles.